The van der Waals surface area contributed by atoms with E-state index in [-0.39, 0.29) is 24.1 Å². The normalized spacial score (nSPS) is 13.1. The van der Waals surface area contributed by atoms with Gasteiger partial charge in [-0.15, -0.1) is 0 Å². The number of carbonyl (C=O) groups is 2. The quantitative estimate of drug-likeness (QED) is 0.616. The van der Waals surface area contributed by atoms with E-state index in [9.17, 15) is 14.0 Å². The van der Waals surface area contributed by atoms with Crippen LogP contribution in [0.3, 0.4) is 0 Å². The third-order valence-electron chi connectivity index (χ3n) is 4.98. The van der Waals surface area contributed by atoms with Crippen molar-refractivity contribution < 1.29 is 18.5 Å². The van der Waals surface area contributed by atoms with Crippen LogP contribution < -0.4 is 5.32 Å². The van der Waals surface area contributed by atoms with Crippen molar-refractivity contribution in [2.24, 2.45) is 5.92 Å². The van der Waals surface area contributed by atoms with Gasteiger partial charge in [0.25, 0.3) is 11.8 Å². The zero-order chi connectivity index (χ0) is 20.9. The van der Waals surface area contributed by atoms with Gasteiger partial charge >= 0.3 is 0 Å². The third-order valence-corrected chi connectivity index (χ3v) is 4.98. The second-order valence-electron chi connectivity index (χ2n) is 7.49. The van der Waals surface area contributed by atoms with Crippen LogP contribution in [0.1, 0.15) is 45.0 Å². The molecular weight excluding hydrogens is 385 g/mol. The van der Waals surface area contributed by atoms with E-state index in [1.165, 1.54) is 24.3 Å². The molecule has 1 heterocycles. The lowest BCUT2D eigenvalue weighted by Gasteiger charge is -2.21. The van der Waals surface area contributed by atoms with E-state index in [0.29, 0.717) is 30.3 Å². The van der Waals surface area contributed by atoms with Crippen LogP contribution in [0.15, 0.2) is 65.2 Å². The van der Waals surface area contributed by atoms with Crippen LogP contribution in [-0.4, -0.2) is 28.4 Å². The van der Waals surface area contributed by atoms with Crippen molar-refractivity contribution in [3.8, 4) is 0 Å². The molecule has 0 spiro atoms. The van der Waals surface area contributed by atoms with Crippen LogP contribution in [-0.2, 0) is 13.1 Å². The molecule has 0 saturated heterocycles. The maximum absolute atomic E-state index is 13.3. The van der Waals surface area contributed by atoms with Crippen molar-refractivity contribution in [1.82, 2.24) is 15.4 Å². The Hall–Kier alpha value is -3.48. The fourth-order valence-electron chi connectivity index (χ4n) is 3.11. The zero-order valence-corrected chi connectivity index (χ0v) is 16.4. The van der Waals surface area contributed by atoms with Gasteiger partial charge in [-0.2, -0.15) is 0 Å². The number of hydrogen-bond acceptors (Lipinski definition) is 4. The van der Waals surface area contributed by atoms with Crippen LogP contribution in [0.2, 0.25) is 0 Å². The van der Waals surface area contributed by atoms with Crippen LogP contribution in [0.25, 0.3) is 0 Å². The average molecular weight is 407 g/mol. The molecule has 1 aliphatic carbocycles. The van der Waals surface area contributed by atoms with Gasteiger partial charge in [-0.3, -0.25) is 9.59 Å². The number of halogens is 1. The number of benzene rings is 2. The second kappa shape index (κ2) is 8.90. The first kappa shape index (κ1) is 19.8. The summed E-state index contributed by atoms with van der Waals surface area (Å²) in [6.07, 6.45) is 2.29. The van der Waals surface area contributed by atoms with Crippen molar-refractivity contribution in [2.75, 3.05) is 6.54 Å². The van der Waals surface area contributed by atoms with E-state index in [2.05, 4.69) is 10.5 Å². The molecule has 154 valence electrons. The number of rotatable bonds is 8. The van der Waals surface area contributed by atoms with Crippen molar-refractivity contribution in [3.05, 3.63) is 89.1 Å². The topological polar surface area (TPSA) is 75.4 Å². The molecule has 30 heavy (non-hydrogen) atoms. The maximum atomic E-state index is 13.3. The first-order valence-electron chi connectivity index (χ1n) is 9.91. The highest BCUT2D eigenvalue weighted by Crippen LogP contribution is 2.27. The Morgan fingerprint density at radius 1 is 1.07 bits per heavy atom. The van der Waals surface area contributed by atoms with Gasteiger partial charge in [0.05, 0.1) is 6.54 Å². The van der Waals surface area contributed by atoms with Crippen molar-refractivity contribution in [3.63, 3.8) is 0 Å². The summed E-state index contributed by atoms with van der Waals surface area (Å²) in [4.78, 5) is 26.8. The van der Waals surface area contributed by atoms with Gasteiger partial charge < -0.3 is 14.7 Å². The van der Waals surface area contributed by atoms with Gasteiger partial charge in [-0.05, 0) is 48.6 Å². The number of nitrogens with one attached hydrogen (secondary N) is 1. The van der Waals surface area contributed by atoms with Gasteiger partial charge in [0.2, 0.25) is 0 Å². The summed E-state index contributed by atoms with van der Waals surface area (Å²) in [5.74, 6) is 0.0117. The molecule has 0 bridgehead atoms. The molecule has 1 aromatic heterocycles. The minimum atomic E-state index is -0.404. The van der Waals surface area contributed by atoms with Crippen molar-refractivity contribution in [1.29, 1.82) is 0 Å². The van der Waals surface area contributed by atoms with Crippen LogP contribution in [0.4, 0.5) is 4.39 Å². The van der Waals surface area contributed by atoms with Gasteiger partial charge in [-0.25, -0.2) is 4.39 Å². The van der Waals surface area contributed by atoms with Crippen molar-refractivity contribution >= 4 is 11.8 Å². The fraction of sp³-hybridized carbons (Fsp3) is 0.261. The molecule has 2 amide bonds. The minimum Gasteiger partial charge on any atom is -0.359 e. The Morgan fingerprint density at radius 2 is 1.80 bits per heavy atom. The van der Waals surface area contributed by atoms with E-state index >= 15 is 0 Å². The molecule has 1 aliphatic rings. The van der Waals surface area contributed by atoms with Crippen LogP contribution >= 0.6 is 0 Å². The molecule has 2 aromatic carbocycles. The van der Waals surface area contributed by atoms with Crippen LogP contribution in [0, 0.1) is 11.7 Å². The summed E-state index contributed by atoms with van der Waals surface area (Å²) in [5.41, 5.74) is 1.50. The molecule has 1 N–H and O–H groups in total. The number of nitrogens with zero attached hydrogens (tertiary/aromatic N) is 2. The Kier molecular flexibility index (Phi) is 5.88. The van der Waals surface area contributed by atoms with E-state index < -0.39 is 5.82 Å². The summed E-state index contributed by atoms with van der Waals surface area (Å²) >= 11 is 0. The smallest absolute Gasteiger partial charge is 0.273 e. The number of carbonyl (C=O) groups excluding carboxylic acids is 2. The number of hydrogen-bond donors (Lipinski definition) is 1. The highest BCUT2D eigenvalue weighted by molar-refractivity contribution is 5.94. The summed E-state index contributed by atoms with van der Waals surface area (Å²) in [6, 6.07) is 16.5. The minimum absolute atomic E-state index is 0.133. The van der Waals surface area contributed by atoms with E-state index in [1.54, 1.807) is 11.0 Å². The van der Waals surface area contributed by atoms with Gasteiger partial charge in [-0.1, -0.05) is 35.5 Å². The molecule has 0 unspecified atom stereocenters. The molecule has 0 aliphatic heterocycles. The lowest BCUT2D eigenvalue weighted by Crippen LogP contribution is -2.30. The van der Waals surface area contributed by atoms with Crippen molar-refractivity contribution in [2.45, 2.75) is 25.9 Å². The van der Waals surface area contributed by atoms with Gasteiger partial charge in [0.15, 0.2) is 11.5 Å². The molecular formula is C23H22FN3O3. The Balaban J connectivity index is 1.49. The summed E-state index contributed by atoms with van der Waals surface area (Å²) < 4.78 is 18.6. The van der Waals surface area contributed by atoms with E-state index in [4.69, 9.17) is 4.52 Å². The largest absolute Gasteiger partial charge is 0.359 e. The van der Waals surface area contributed by atoms with E-state index in [1.807, 2.05) is 30.3 Å². The summed E-state index contributed by atoms with van der Waals surface area (Å²) in [5, 5.41) is 6.69. The molecule has 1 saturated carbocycles. The Morgan fingerprint density at radius 3 is 2.50 bits per heavy atom. The first-order valence-corrected chi connectivity index (χ1v) is 9.91. The lowest BCUT2D eigenvalue weighted by atomic mass is 10.1. The Bertz CT molecular complexity index is 1010. The average Bonchev–Trinajstić information content (AvgIpc) is 3.48. The van der Waals surface area contributed by atoms with Gasteiger partial charge in [0, 0.05) is 24.7 Å². The molecule has 0 radical (unpaired) electrons. The molecule has 0 atom stereocenters. The van der Waals surface area contributed by atoms with Gasteiger partial charge in [0.1, 0.15) is 5.82 Å². The zero-order valence-electron chi connectivity index (χ0n) is 16.4. The Labute approximate surface area is 173 Å². The number of aromatic nitrogens is 1. The lowest BCUT2D eigenvalue weighted by molar-refractivity contribution is 0.0713. The predicted molar refractivity (Wildman–Crippen MR) is 108 cm³/mol. The summed E-state index contributed by atoms with van der Waals surface area (Å²) in [7, 11) is 0. The summed E-state index contributed by atoms with van der Waals surface area (Å²) in [6.45, 7) is 1.11. The predicted octanol–water partition coefficient (Wildman–Crippen LogP) is 3.80. The first-order chi connectivity index (χ1) is 14.6. The van der Waals surface area contributed by atoms with E-state index in [0.717, 1.165) is 18.4 Å². The molecule has 7 heteroatoms. The van der Waals surface area contributed by atoms with Crippen LogP contribution in [0.5, 0.6) is 0 Å². The third kappa shape index (κ3) is 5.11. The highest BCUT2D eigenvalue weighted by atomic mass is 19.1. The monoisotopic (exact) mass is 407 g/mol. The molecule has 1 fully saturated rings. The fourth-order valence-corrected chi connectivity index (χ4v) is 3.11. The second-order valence-corrected chi connectivity index (χ2v) is 7.49. The molecule has 4 rings (SSSR count). The standard InChI is InChI=1S/C23H22FN3O3/c24-19-10-8-18(9-11-19)23(29)27(14-17-4-2-1-3-5-17)15-20-12-21(26-30-20)22(28)25-13-16-6-7-16/h1-5,8-12,16H,6-7,13-15H2,(H,25,28). The maximum Gasteiger partial charge on any atom is 0.273 e. The molecule has 6 nitrogen and oxygen atoms in total. The molecule has 3 aromatic rings. The highest BCUT2D eigenvalue weighted by Gasteiger charge is 2.24. The SMILES string of the molecule is O=C(NCC1CC1)c1cc(CN(Cc2ccccc2)C(=O)c2ccc(F)cc2)on1. The number of amides is 2.